The maximum atomic E-state index is 13.1. The van der Waals surface area contributed by atoms with Crippen molar-refractivity contribution in [3.05, 3.63) is 105 Å². The fourth-order valence-corrected chi connectivity index (χ4v) is 13.5. The number of unbranched alkanes of at least 4 members (excludes halogenated alkanes) is 2. The van der Waals surface area contributed by atoms with Gasteiger partial charge < -0.3 is 28.8 Å². The first-order chi connectivity index (χ1) is 44.1. The van der Waals surface area contributed by atoms with Crippen LogP contribution in [-0.2, 0) is 69.1 Å². The van der Waals surface area contributed by atoms with E-state index in [4.69, 9.17) is 75.2 Å². The van der Waals surface area contributed by atoms with Crippen LogP contribution in [0.4, 0.5) is 14.4 Å². The number of likely N-dealkylation sites (N-methyl/N-ethyl adjacent to an activating group) is 3. The Kier molecular flexibility index (Phi) is 37.8. The number of ether oxygens (including phenoxy) is 5. The Bertz CT molecular complexity index is 2930. The van der Waals surface area contributed by atoms with Gasteiger partial charge in [0.2, 0.25) is 13.6 Å². The van der Waals surface area contributed by atoms with Gasteiger partial charge in [0.1, 0.15) is 16.6 Å². The summed E-state index contributed by atoms with van der Waals surface area (Å²) in [6, 6.07) is 21.0. The Balaban J connectivity index is 0.000000448. The molecule has 1 N–H and O–H groups in total. The molecule has 3 amide bonds. The van der Waals surface area contributed by atoms with Crippen LogP contribution in [0.1, 0.15) is 207 Å². The van der Waals surface area contributed by atoms with Gasteiger partial charge in [-0.2, -0.15) is 0 Å². The number of halogens is 5. The van der Waals surface area contributed by atoms with E-state index in [-0.39, 0.29) is 83.3 Å². The molecule has 0 saturated heterocycles. The average Bonchev–Trinajstić information content (AvgIpc) is 0.773. The van der Waals surface area contributed by atoms with E-state index < -0.39 is 54.5 Å². The second-order valence-electron chi connectivity index (χ2n) is 25.1. The summed E-state index contributed by atoms with van der Waals surface area (Å²) in [7, 11) is 4.63. The summed E-state index contributed by atoms with van der Waals surface area (Å²) in [4.78, 5) is 116. The fraction of sp³-hybridized carbons (Fsp3) is 0.620. The summed E-state index contributed by atoms with van der Waals surface area (Å²) in [5.41, 5.74) is -1.60. The average molecular weight is 1410 g/mol. The van der Waals surface area contributed by atoms with Gasteiger partial charge in [-0.05, 0) is 113 Å². The number of Topliss-reactive ketones (excluding diaryl/α,β-unsaturated/α-hetero) is 3. The van der Waals surface area contributed by atoms with Gasteiger partial charge in [0.25, 0.3) is 0 Å². The van der Waals surface area contributed by atoms with Crippen LogP contribution in [0.25, 0.3) is 0 Å². The van der Waals surface area contributed by atoms with Crippen LogP contribution in [0.5, 0.6) is 0 Å². The molecular formula is C71H102Cl5N3O15. The van der Waals surface area contributed by atoms with E-state index in [9.17, 15) is 43.2 Å². The molecular weight excluding hydrogens is 1310 g/mol. The Hall–Kier alpha value is -5.66. The van der Waals surface area contributed by atoms with Gasteiger partial charge in [0.15, 0.2) is 23.4 Å². The topological polar surface area (TPSA) is 230 Å². The van der Waals surface area contributed by atoms with Gasteiger partial charge in [0, 0.05) is 72.2 Å². The summed E-state index contributed by atoms with van der Waals surface area (Å²) in [5.74, 6) is -1.61. The minimum absolute atomic E-state index is 0. The summed E-state index contributed by atoms with van der Waals surface area (Å²) in [6.07, 6.45) is 12.5. The first-order valence-corrected chi connectivity index (χ1v) is 34.5. The zero-order valence-corrected chi connectivity index (χ0v) is 60.9. The number of carboxylic acids is 1. The minimum Gasteiger partial charge on any atom is -0.481 e. The third kappa shape index (κ3) is 22.5. The molecule has 23 heteroatoms. The zero-order valence-electron chi connectivity index (χ0n) is 57.1. The van der Waals surface area contributed by atoms with Crippen molar-refractivity contribution < 1.29 is 71.9 Å². The summed E-state index contributed by atoms with van der Waals surface area (Å²) in [6.45, 7) is 17.0. The highest BCUT2D eigenvalue weighted by Gasteiger charge is 2.51. The number of nitrogens with zero attached hydrogens (tertiary/aromatic N) is 3. The van der Waals surface area contributed by atoms with E-state index in [2.05, 4.69) is 13.8 Å². The number of benzene rings is 3. The quantitative estimate of drug-likeness (QED) is 0.0360. The van der Waals surface area contributed by atoms with E-state index in [1.54, 1.807) is 73.8 Å². The lowest BCUT2D eigenvalue weighted by Crippen LogP contribution is -2.54. The fourth-order valence-electron chi connectivity index (χ4n) is 12.5. The smallest absolute Gasteiger partial charge is 0.413 e. The predicted octanol–water partition coefficient (Wildman–Crippen LogP) is 17.9. The van der Waals surface area contributed by atoms with Gasteiger partial charge in [-0.15, -0.1) is 12.4 Å². The molecule has 3 aromatic rings. The molecule has 0 radical (unpaired) electrons. The predicted molar refractivity (Wildman–Crippen MR) is 369 cm³/mol. The molecule has 0 aliphatic heterocycles. The standard InChI is InChI=1S/C24H34ClNO5.C23H32ClNO5.C15H17Cl2NO3.C9H18O2.ClH/c1-5-6-11-18(17(2)3)22(28)30-16-31-23(29)26(4)24(15-10-9-14-21(24)27)19-12-7-8-13-20(19)25;1-5-10-17(16(2)3)21(27)29-15-30-22(28)25(4)23(14-9-8-13-20(23)26)18-11-6-7-12-19(18)24;1-18(14(20)21-10-16)15(9-5-4-8-13(15)19)11-6-2-3-7-12(11)17;1-4-5-6-8(7(2)3)9(10)11;/h7-8,12-13,17-18H,5-6,9-11,14-16H2,1-4H3;6-7,11-12,16-17H,5,8-10,13-15H2,1-4H3;2-3,6-7H,4-5,8-10H2,1H3;7-8H,4-6H2,1-3H3,(H,10,11);1H/t18-,24-;17-,23-;15-;8-;/m0000./s1. The highest BCUT2D eigenvalue weighted by atomic mass is 35.5. The van der Waals surface area contributed by atoms with Crippen molar-refractivity contribution in [1.82, 2.24) is 14.7 Å². The summed E-state index contributed by atoms with van der Waals surface area (Å²) in [5, 5.41) is 10.1. The number of alkyl halides is 1. The van der Waals surface area contributed by atoms with Crippen molar-refractivity contribution in [2.45, 2.75) is 207 Å². The maximum absolute atomic E-state index is 13.1. The monoisotopic (exact) mass is 1410 g/mol. The molecule has 3 aliphatic carbocycles. The van der Waals surface area contributed by atoms with Crippen LogP contribution in [-0.4, -0.2) is 114 Å². The number of carboxylic acid groups (broad SMARTS) is 1. The molecule has 3 aromatic carbocycles. The Morgan fingerprint density at radius 1 is 0.457 bits per heavy atom. The minimum atomic E-state index is -1.18. The van der Waals surface area contributed by atoms with E-state index >= 15 is 0 Å². The summed E-state index contributed by atoms with van der Waals surface area (Å²) >= 11 is 24.6. The van der Waals surface area contributed by atoms with Gasteiger partial charge in [0.05, 0.1) is 17.8 Å². The number of aliphatic carboxylic acids is 1. The largest absolute Gasteiger partial charge is 0.481 e. The first kappa shape index (κ1) is 84.4. The van der Waals surface area contributed by atoms with Crippen molar-refractivity contribution in [1.29, 1.82) is 0 Å². The van der Waals surface area contributed by atoms with Crippen molar-refractivity contribution in [3.8, 4) is 0 Å². The number of rotatable bonds is 25. The molecule has 6 rings (SSSR count). The molecule has 0 bridgehead atoms. The second-order valence-corrected chi connectivity index (χ2v) is 26.5. The highest BCUT2D eigenvalue weighted by molar-refractivity contribution is 6.32. The molecule has 0 unspecified atom stereocenters. The van der Waals surface area contributed by atoms with Crippen molar-refractivity contribution >= 4 is 112 Å². The number of carbonyl (C=O) groups is 9. The molecule has 0 aromatic heterocycles. The molecule has 0 spiro atoms. The van der Waals surface area contributed by atoms with Crippen LogP contribution in [0.15, 0.2) is 72.8 Å². The van der Waals surface area contributed by atoms with E-state index in [0.29, 0.717) is 76.7 Å². The summed E-state index contributed by atoms with van der Waals surface area (Å²) < 4.78 is 25.7. The van der Waals surface area contributed by atoms with Crippen molar-refractivity contribution in [2.24, 2.45) is 35.5 Å². The van der Waals surface area contributed by atoms with Crippen molar-refractivity contribution in [2.75, 3.05) is 40.8 Å². The van der Waals surface area contributed by atoms with Gasteiger partial charge in [-0.25, -0.2) is 14.4 Å². The Labute approximate surface area is 583 Å². The zero-order chi connectivity index (χ0) is 69.6. The third-order valence-corrected chi connectivity index (χ3v) is 19.2. The molecule has 18 nitrogen and oxygen atoms in total. The number of carbonyl (C=O) groups excluding carboxylic acids is 8. The molecule has 0 heterocycles. The van der Waals surface area contributed by atoms with Crippen LogP contribution in [0, 0.1) is 35.5 Å². The lowest BCUT2D eigenvalue weighted by atomic mass is 9.74. The highest BCUT2D eigenvalue weighted by Crippen LogP contribution is 2.45. The van der Waals surface area contributed by atoms with Crippen LogP contribution < -0.4 is 0 Å². The molecule has 526 valence electrons. The lowest BCUT2D eigenvalue weighted by Gasteiger charge is -2.43. The maximum Gasteiger partial charge on any atom is 0.413 e. The number of hydrogen-bond donors (Lipinski definition) is 1. The lowest BCUT2D eigenvalue weighted by molar-refractivity contribution is -0.161. The van der Waals surface area contributed by atoms with Crippen molar-refractivity contribution in [3.63, 3.8) is 0 Å². The number of esters is 2. The number of hydrogen-bond acceptors (Lipinski definition) is 14. The third-order valence-electron chi connectivity index (χ3n) is 18.1. The number of amides is 3. The van der Waals surface area contributed by atoms with Crippen LogP contribution in [0.3, 0.4) is 0 Å². The first-order valence-electron chi connectivity index (χ1n) is 32.8. The number of ketones is 3. The SMILES string of the molecule is CCCC[C@H](C(=O)O)C(C)C.CCCC[C@H](C(=O)OCOC(=O)N(C)[C@]1(c2ccccc2Cl)CCCCC1=O)C(C)C.CCC[C@H](C(=O)OCOC(=O)N(C)[C@]1(c2ccccc2Cl)CCCCC1=O)C(C)C.CN(C(=O)OCCl)[C@]1(c2ccccc2Cl)CCCCC1=O.Cl. The van der Waals surface area contributed by atoms with Crippen LogP contribution >= 0.6 is 58.8 Å². The molecule has 3 fully saturated rings. The molecule has 94 heavy (non-hydrogen) atoms. The van der Waals surface area contributed by atoms with E-state index in [1.807, 2.05) is 54.5 Å². The van der Waals surface area contributed by atoms with Gasteiger partial charge in [-0.3, -0.25) is 43.5 Å². The normalized spacial score (nSPS) is 19.4. The van der Waals surface area contributed by atoms with E-state index in [0.717, 1.165) is 83.5 Å². The Morgan fingerprint density at radius 3 is 1.02 bits per heavy atom. The van der Waals surface area contributed by atoms with Gasteiger partial charge in [-0.1, -0.05) is 195 Å². The van der Waals surface area contributed by atoms with E-state index in [1.165, 1.54) is 28.8 Å². The van der Waals surface area contributed by atoms with Gasteiger partial charge >= 0.3 is 36.2 Å². The molecule has 3 saturated carbocycles. The molecule has 3 aliphatic rings. The second kappa shape index (κ2) is 42.1. The van der Waals surface area contributed by atoms with Crippen LogP contribution in [0.2, 0.25) is 15.1 Å². The molecule has 6 atom stereocenters. The Morgan fingerprint density at radius 2 is 0.755 bits per heavy atom.